The van der Waals surface area contributed by atoms with Gasteiger partial charge in [0.05, 0.1) is 0 Å². The summed E-state index contributed by atoms with van der Waals surface area (Å²) < 4.78 is 5.98. The zero-order valence-corrected chi connectivity index (χ0v) is 16.4. The average molecular weight is 394 g/mol. The summed E-state index contributed by atoms with van der Waals surface area (Å²) >= 11 is 1.66. The number of nitrogens with one attached hydrogen (secondary N) is 2. The summed E-state index contributed by atoms with van der Waals surface area (Å²) in [5.74, 6) is 1.40. The van der Waals surface area contributed by atoms with E-state index in [1.165, 1.54) is 10.5 Å². The number of aromatic nitrogens is 3. The number of benzene rings is 1. The van der Waals surface area contributed by atoms with Crippen molar-refractivity contribution < 1.29 is 4.74 Å². The van der Waals surface area contributed by atoms with E-state index in [9.17, 15) is 0 Å². The molecule has 1 saturated heterocycles. The average Bonchev–Trinajstić information content (AvgIpc) is 2.75. The van der Waals surface area contributed by atoms with Crippen molar-refractivity contribution in [3.05, 3.63) is 66.6 Å². The van der Waals surface area contributed by atoms with E-state index in [1.54, 1.807) is 18.1 Å². The van der Waals surface area contributed by atoms with Gasteiger partial charge in [0, 0.05) is 23.7 Å². The molecule has 7 heteroatoms. The topological polar surface area (TPSA) is 72.0 Å². The lowest BCUT2D eigenvalue weighted by Gasteiger charge is -2.23. The Morgan fingerprint density at radius 2 is 1.89 bits per heavy atom. The summed E-state index contributed by atoms with van der Waals surface area (Å²) in [6.45, 7) is 2.68. The van der Waals surface area contributed by atoms with Gasteiger partial charge in [-0.2, -0.15) is 0 Å². The van der Waals surface area contributed by atoms with Crippen LogP contribution in [0, 0.1) is 0 Å². The van der Waals surface area contributed by atoms with Crippen LogP contribution in [0.1, 0.15) is 18.4 Å². The van der Waals surface area contributed by atoms with E-state index in [1.807, 2.05) is 30.5 Å². The van der Waals surface area contributed by atoms with Crippen LogP contribution in [0.3, 0.4) is 0 Å². The van der Waals surface area contributed by atoms with Crippen LogP contribution in [-0.4, -0.2) is 34.1 Å². The maximum atomic E-state index is 5.98. The molecular weight excluding hydrogens is 370 g/mol. The molecule has 0 bridgehead atoms. The zero-order chi connectivity index (χ0) is 19.0. The second-order valence-electron chi connectivity index (χ2n) is 6.58. The maximum Gasteiger partial charge on any atom is 0.218 e. The fourth-order valence-corrected chi connectivity index (χ4v) is 3.75. The van der Waals surface area contributed by atoms with Gasteiger partial charge in [0.25, 0.3) is 0 Å². The Morgan fingerprint density at radius 3 is 2.68 bits per heavy atom. The number of nitrogens with zero attached hydrogens (tertiary/aromatic N) is 3. The molecule has 1 aliphatic rings. The van der Waals surface area contributed by atoms with Gasteiger partial charge < -0.3 is 15.4 Å². The van der Waals surface area contributed by atoms with Crippen molar-refractivity contribution in [2.24, 2.45) is 0 Å². The largest absolute Gasteiger partial charge is 0.474 e. The van der Waals surface area contributed by atoms with Crippen LogP contribution in [0.2, 0.25) is 0 Å². The molecule has 3 heterocycles. The number of hydrogen-bond donors (Lipinski definition) is 2. The molecule has 6 nitrogen and oxygen atoms in total. The van der Waals surface area contributed by atoms with Crippen LogP contribution in [0.15, 0.2) is 71.0 Å². The van der Waals surface area contributed by atoms with Crippen LogP contribution >= 0.6 is 11.8 Å². The van der Waals surface area contributed by atoms with Crippen LogP contribution in [0.25, 0.3) is 0 Å². The predicted octanol–water partition coefficient (Wildman–Crippen LogP) is 3.77. The molecule has 0 saturated carbocycles. The van der Waals surface area contributed by atoms with Crippen molar-refractivity contribution in [1.29, 1.82) is 0 Å². The highest BCUT2D eigenvalue weighted by Gasteiger charge is 2.15. The van der Waals surface area contributed by atoms with Gasteiger partial charge in [0.2, 0.25) is 5.88 Å². The third kappa shape index (κ3) is 5.43. The summed E-state index contributed by atoms with van der Waals surface area (Å²) in [5.41, 5.74) is 1.19. The van der Waals surface area contributed by atoms with Crippen LogP contribution < -0.4 is 15.4 Å². The Balaban J connectivity index is 1.31. The van der Waals surface area contributed by atoms with E-state index in [-0.39, 0.29) is 6.10 Å². The molecule has 28 heavy (non-hydrogen) atoms. The Hall–Kier alpha value is -2.64. The highest BCUT2D eigenvalue weighted by molar-refractivity contribution is 7.99. The lowest BCUT2D eigenvalue weighted by atomic mass is 10.1. The van der Waals surface area contributed by atoms with Gasteiger partial charge in [-0.25, -0.2) is 15.0 Å². The van der Waals surface area contributed by atoms with Crippen LogP contribution in [-0.2, 0) is 6.54 Å². The molecule has 1 fully saturated rings. The summed E-state index contributed by atoms with van der Waals surface area (Å²) in [6, 6.07) is 16.3. The first-order valence-corrected chi connectivity index (χ1v) is 10.3. The number of hydrogen-bond acceptors (Lipinski definition) is 7. The molecule has 2 aromatic heterocycles. The van der Waals surface area contributed by atoms with E-state index in [2.05, 4.69) is 49.9 Å². The monoisotopic (exact) mass is 393 g/mol. The Morgan fingerprint density at radius 1 is 1.04 bits per heavy atom. The molecule has 1 aromatic carbocycles. The predicted molar refractivity (Wildman–Crippen MR) is 111 cm³/mol. The SMILES string of the molecule is c1ccc(Sc2ccc(CNc3cc(OC4CCNCC4)ncn3)cc2)nc1. The summed E-state index contributed by atoms with van der Waals surface area (Å²) in [4.78, 5) is 14.0. The molecule has 1 aliphatic heterocycles. The van der Waals surface area contributed by atoms with E-state index in [4.69, 9.17) is 4.74 Å². The Labute approximate surface area is 169 Å². The summed E-state index contributed by atoms with van der Waals surface area (Å²) in [6.07, 6.45) is 5.61. The van der Waals surface area contributed by atoms with Gasteiger partial charge in [-0.15, -0.1) is 0 Å². The van der Waals surface area contributed by atoms with Crippen LogP contribution in [0.5, 0.6) is 5.88 Å². The van der Waals surface area contributed by atoms with Crippen molar-refractivity contribution >= 4 is 17.6 Å². The standard InChI is InChI=1S/C21H23N5OS/c1-2-10-23-21(3-1)28-18-6-4-16(5-7-18)14-24-19-13-20(26-15-25-19)27-17-8-11-22-12-9-17/h1-7,10,13,15,17,22H,8-9,11-12,14H2,(H,24,25,26). The molecule has 4 rings (SSSR count). The van der Waals surface area contributed by atoms with Gasteiger partial charge in [-0.1, -0.05) is 30.0 Å². The molecule has 0 spiro atoms. The molecule has 0 aliphatic carbocycles. The minimum absolute atomic E-state index is 0.230. The van der Waals surface area contributed by atoms with Crippen molar-refractivity contribution in [2.45, 2.75) is 35.4 Å². The normalized spacial score (nSPS) is 14.6. The van der Waals surface area contributed by atoms with Gasteiger partial charge in [-0.3, -0.25) is 0 Å². The lowest BCUT2D eigenvalue weighted by molar-refractivity contribution is 0.156. The smallest absolute Gasteiger partial charge is 0.218 e. The van der Waals surface area contributed by atoms with E-state index >= 15 is 0 Å². The first-order valence-electron chi connectivity index (χ1n) is 9.46. The van der Waals surface area contributed by atoms with Gasteiger partial charge in [0.1, 0.15) is 23.3 Å². The Bertz CT molecular complexity index is 869. The molecule has 0 radical (unpaired) electrons. The van der Waals surface area contributed by atoms with Crippen molar-refractivity contribution in [1.82, 2.24) is 20.3 Å². The first kappa shape index (κ1) is 18.7. The third-order valence-electron chi connectivity index (χ3n) is 4.47. The summed E-state index contributed by atoms with van der Waals surface area (Å²) in [7, 11) is 0. The minimum Gasteiger partial charge on any atom is -0.474 e. The summed E-state index contributed by atoms with van der Waals surface area (Å²) in [5, 5.41) is 7.68. The van der Waals surface area contributed by atoms with Crippen molar-refractivity contribution in [3.8, 4) is 5.88 Å². The second kappa shape index (κ2) is 9.52. The van der Waals surface area contributed by atoms with Gasteiger partial charge in [0.15, 0.2) is 0 Å². The van der Waals surface area contributed by atoms with Gasteiger partial charge >= 0.3 is 0 Å². The Kier molecular flexibility index (Phi) is 6.36. The fourth-order valence-electron chi connectivity index (χ4n) is 2.98. The number of rotatable bonds is 7. The fraction of sp³-hybridized carbons (Fsp3) is 0.286. The molecular formula is C21H23N5OS. The lowest BCUT2D eigenvalue weighted by Crippen LogP contribution is -2.34. The highest BCUT2D eigenvalue weighted by atomic mass is 32.2. The molecule has 0 atom stereocenters. The second-order valence-corrected chi connectivity index (χ2v) is 7.67. The molecule has 0 unspecified atom stereocenters. The minimum atomic E-state index is 0.230. The molecule has 3 aromatic rings. The number of piperidine rings is 1. The number of pyridine rings is 1. The van der Waals surface area contributed by atoms with Gasteiger partial charge in [-0.05, 0) is 55.8 Å². The molecule has 0 amide bonds. The first-order chi connectivity index (χ1) is 13.8. The van der Waals surface area contributed by atoms with Crippen LogP contribution in [0.4, 0.5) is 5.82 Å². The number of anilines is 1. The van der Waals surface area contributed by atoms with Crippen molar-refractivity contribution in [2.75, 3.05) is 18.4 Å². The quantitative estimate of drug-likeness (QED) is 0.633. The third-order valence-corrected chi connectivity index (χ3v) is 5.43. The number of ether oxygens (including phenoxy) is 1. The molecule has 2 N–H and O–H groups in total. The van der Waals surface area contributed by atoms with E-state index < -0.39 is 0 Å². The van der Waals surface area contributed by atoms with E-state index in [0.29, 0.717) is 12.4 Å². The van der Waals surface area contributed by atoms with E-state index in [0.717, 1.165) is 36.8 Å². The maximum absolute atomic E-state index is 5.98. The highest BCUT2D eigenvalue weighted by Crippen LogP contribution is 2.25. The van der Waals surface area contributed by atoms with Crippen molar-refractivity contribution in [3.63, 3.8) is 0 Å². The zero-order valence-electron chi connectivity index (χ0n) is 15.5. The molecule has 144 valence electrons.